The van der Waals surface area contributed by atoms with Gasteiger partial charge in [0.2, 0.25) is 0 Å². The lowest BCUT2D eigenvalue weighted by Gasteiger charge is -2.02. The SMILES string of the molecule is COC(=O)c1ccccc1N=Cc1ccccn1. The van der Waals surface area contributed by atoms with Crippen LogP contribution in [0.1, 0.15) is 16.1 Å². The zero-order chi connectivity index (χ0) is 12.8. The summed E-state index contributed by atoms with van der Waals surface area (Å²) in [5, 5.41) is 0. The summed E-state index contributed by atoms with van der Waals surface area (Å²) in [5.41, 5.74) is 1.74. The van der Waals surface area contributed by atoms with Gasteiger partial charge in [0.1, 0.15) is 0 Å². The van der Waals surface area contributed by atoms with Gasteiger partial charge in [-0.3, -0.25) is 9.98 Å². The summed E-state index contributed by atoms with van der Waals surface area (Å²) in [6.45, 7) is 0. The monoisotopic (exact) mass is 240 g/mol. The van der Waals surface area contributed by atoms with Gasteiger partial charge in [0.25, 0.3) is 0 Å². The van der Waals surface area contributed by atoms with Gasteiger partial charge in [-0.1, -0.05) is 18.2 Å². The number of hydrogen-bond donors (Lipinski definition) is 0. The molecular formula is C14H12N2O2. The van der Waals surface area contributed by atoms with E-state index in [1.807, 2.05) is 24.3 Å². The molecule has 1 aromatic carbocycles. The van der Waals surface area contributed by atoms with Gasteiger partial charge in [0, 0.05) is 6.20 Å². The molecule has 0 radical (unpaired) electrons. The van der Waals surface area contributed by atoms with Gasteiger partial charge in [-0.2, -0.15) is 0 Å². The predicted octanol–water partition coefficient (Wildman–Crippen LogP) is 2.62. The van der Waals surface area contributed by atoms with Gasteiger partial charge in [0.15, 0.2) is 0 Å². The largest absolute Gasteiger partial charge is 0.465 e. The summed E-state index contributed by atoms with van der Waals surface area (Å²) in [5.74, 6) is -0.399. The summed E-state index contributed by atoms with van der Waals surface area (Å²) < 4.78 is 4.70. The van der Waals surface area contributed by atoms with Crippen LogP contribution in [-0.2, 0) is 4.74 Å². The van der Waals surface area contributed by atoms with Crippen LogP contribution in [0.5, 0.6) is 0 Å². The van der Waals surface area contributed by atoms with E-state index in [2.05, 4.69) is 9.98 Å². The molecule has 0 fully saturated rings. The smallest absolute Gasteiger partial charge is 0.340 e. The van der Waals surface area contributed by atoms with Crippen LogP contribution in [0, 0.1) is 0 Å². The van der Waals surface area contributed by atoms with Crippen molar-refractivity contribution in [2.45, 2.75) is 0 Å². The minimum absolute atomic E-state index is 0.399. The second-order valence-corrected chi connectivity index (χ2v) is 3.52. The molecule has 2 aromatic rings. The molecule has 0 bridgehead atoms. The van der Waals surface area contributed by atoms with Crippen LogP contribution in [0.3, 0.4) is 0 Å². The maximum atomic E-state index is 11.5. The third-order valence-electron chi connectivity index (χ3n) is 2.33. The fourth-order valence-electron chi connectivity index (χ4n) is 1.46. The first-order valence-corrected chi connectivity index (χ1v) is 5.43. The van der Waals surface area contributed by atoms with E-state index in [0.29, 0.717) is 11.3 Å². The van der Waals surface area contributed by atoms with Crippen molar-refractivity contribution >= 4 is 17.9 Å². The molecule has 0 amide bonds. The molecule has 0 saturated heterocycles. The number of carbonyl (C=O) groups excluding carboxylic acids is 1. The Morgan fingerprint density at radius 3 is 2.72 bits per heavy atom. The lowest BCUT2D eigenvalue weighted by Crippen LogP contribution is -2.01. The molecule has 90 valence electrons. The number of methoxy groups -OCH3 is 1. The second-order valence-electron chi connectivity index (χ2n) is 3.52. The Morgan fingerprint density at radius 1 is 1.22 bits per heavy atom. The minimum Gasteiger partial charge on any atom is -0.465 e. The highest BCUT2D eigenvalue weighted by molar-refractivity contribution is 5.96. The lowest BCUT2D eigenvalue weighted by molar-refractivity contribution is 0.0602. The Labute approximate surface area is 105 Å². The Morgan fingerprint density at radius 2 is 2.00 bits per heavy atom. The van der Waals surface area contributed by atoms with Gasteiger partial charge in [-0.15, -0.1) is 0 Å². The van der Waals surface area contributed by atoms with Gasteiger partial charge in [-0.25, -0.2) is 4.79 Å². The molecule has 4 heteroatoms. The van der Waals surface area contributed by atoms with Crippen LogP contribution in [-0.4, -0.2) is 24.3 Å². The molecule has 0 saturated carbocycles. The van der Waals surface area contributed by atoms with Crippen LogP contribution in [0.4, 0.5) is 5.69 Å². The molecule has 18 heavy (non-hydrogen) atoms. The number of hydrogen-bond acceptors (Lipinski definition) is 4. The first kappa shape index (κ1) is 12.0. The molecule has 0 unspecified atom stereocenters. The topological polar surface area (TPSA) is 51.5 Å². The Kier molecular flexibility index (Phi) is 3.81. The number of rotatable bonds is 3. The van der Waals surface area contributed by atoms with Gasteiger partial charge >= 0.3 is 5.97 Å². The molecule has 1 heterocycles. The maximum Gasteiger partial charge on any atom is 0.340 e. The van der Waals surface area contributed by atoms with Crippen LogP contribution >= 0.6 is 0 Å². The molecule has 4 nitrogen and oxygen atoms in total. The first-order valence-electron chi connectivity index (χ1n) is 5.43. The fourth-order valence-corrected chi connectivity index (χ4v) is 1.46. The zero-order valence-corrected chi connectivity index (χ0v) is 9.91. The van der Waals surface area contributed by atoms with Crippen molar-refractivity contribution in [2.75, 3.05) is 7.11 Å². The standard InChI is InChI=1S/C14H12N2O2/c1-18-14(17)12-7-2-3-8-13(12)16-10-11-6-4-5-9-15-11/h2-10H,1H3. The number of aliphatic imine (C=N–C) groups is 1. The number of nitrogens with zero attached hydrogens (tertiary/aromatic N) is 2. The van der Waals surface area contributed by atoms with Crippen molar-refractivity contribution in [3.05, 3.63) is 59.9 Å². The molecule has 0 atom stereocenters. The third kappa shape index (κ3) is 2.79. The predicted molar refractivity (Wildman–Crippen MR) is 69.3 cm³/mol. The van der Waals surface area contributed by atoms with Crippen molar-refractivity contribution in [3.8, 4) is 0 Å². The fraction of sp³-hybridized carbons (Fsp3) is 0.0714. The lowest BCUT2D eigenvalue weighted by atomic mass is 10.2. The van der Waals surface area contributed by atoms with Crippen LogP contribution < -0.4 is 0 Å². The second kappa shape index (κ2) is 5.72. The van der Waals surface area contributed by atoms with Gasteiger partial charge < -0.3 is 4.74 Å². The van der Waals surface area contributed by atoms with Gasteiger partial charge in [-0.05, 0) is 24.3 Å². The molecule has 0 aliphatic heterocycles. The van der Waals surface area contributed by atoms with Crippen LogP contribution in [0.25, 0.3) is 0 Å². The minimum atomic E-state index is -0.399. The van der Waals surface area contributed by atoms with Crippen molar-refractivity contribution in [1.82, 2.24) is 4.98 Å². The molecule has 2 rings (SSSR count). The van der Waals surface area contributed by atoms with E-state index in [0.717, 1.165) is 5.69 Å². The third-order valence-corrected chi connectivity index (χ3v) is 2.33. The van der Waals surface area contributed by atoms with Crippen molar-refractivity contribution in [2.24, 2.45) is 4.99 Å². The van der Waals surface area contributed by atoms with Crippen molar-refractivity contribution < 1.29 is 9.53 Å². The molecule has 0 N–H and O–H groups in total. The normalized spacial score (nSPS) is 10.5. The summed E-state index contributed by atoms with van der Waals surface area (Å²) in [6.07, 6.45) is 3.30. The number of pyridine rings is 1. The van der Waals surface area contributed by atoms with E-state index in [-0.39, 0.29) is 0 Å². The Hall–Kier alpha value is -2.49. The number of carbonyl (C=O) groups is 1. The van der Waals surface area contributed by atoms with Gasteiger partial charge in [0.05, 0.1) is 30.3 Å². The molecular weight excluding hydrogens is 228 g/mol. The Balaban J connectivity index is 2.29. The van der Waals surface area contributed by atoms with Crippen LogP contribution in [0.15, 0.2) is 53.7 Å². The number of esters is 1. The Bertz CT molecular complexity index is 565. The maximum absolute atomic E-state index is 11.5. The average Bonchev–Trinajstić information content (AvgIpc) is 2.45. The van der Waals surface area contributed by atoms with E-state index in [9.17, 15) is 4.79 Å². The number of para-hydroxylation sites is 1. The number of benzene rings is 1. The first-order chi connectivity index (χ1) is 8.81. The van der Waals surface area contributed by atoms with E-state index in [4.69, 9.17) is 4.74 Å². The van der Waals surface area contributed by atoms with E-state index >= 15 is 0 Å². The number of ether oxygens (including phenoxy) is 1. The van der Waals surface area contributed by atoms with Crippen molar-refractivity contribution in [3.63, 3.8) is 0 Å². The van der Waals surface area contributed by atoms with Crippen molar-refractivity contribution in [1.29, 1.82) is 0 Å². The molecule has 0 spiro atoms. The molecule has 0 aliphatic carbocycles. The zero-order valence-electron chi connectivity index (χ0n) is 9.91. The van der Waals surface area contributed by atoms with Crippen LogP contribution in [0.2, 0.25) is 0 Å². The highest BCUT2D eigenvalue weighted by Crippen LogP contribution is 2.19. The summed E-state index contributed by atoms with van der Waals surface area (Å²) in [4.78, 5) is 19.9. The van der Waals surface area contributed by atoms with E-state index < -0.39 is 5.97 Å². The quantitative estimate of drug-likeness (QED) is 0.612. The highest BCUT2D eigenvalue weighted by Gasteiger charge is 2.09. The average molecular weight is 240 g/mol. The number of aromatic nitrogens is 1. The van der Waals surface area contributed by atoms with E-state index in [1.54, 1.807) is 30.6 Å². The molecule has 0 aliphatic rings. The summed E-state index contributed by atoms with van der Waals surface area (Å²) >= 11 is 0. The molecule has 1 aromatic heterocycles. The highest BCUT2D eigenvalue weighted by atomic mass is 16.5. The summed E-state index contributed by atoms with van der Waals surface area (Å²) in [6, 6.07) is 12.6. The summed E-state index contributed by atoms with van der Waals surface area (Å²) in [7, 11) is 1.35. The van der Waals surface area contributed by atoms with E-state index in [1.165, 1.54) is 7.11 Å².